The van der Waals surface area contributed by atoms with E-state index in [1.807, 2.05) is 7.05 Å². The number of nitrogens with zero attached hydrogens (tertiary/aromatic N) is 4. The molecule has 2 aromatic rings. The largest absolute Gasteiger partial charge is 0.494 e. The maximum atomic E-state index is 13.9. The molecule has 1 atom stereocenters. The molecule has 0 amide bonds. The highest BCUT2D eigenvalue weighted by atomic mass is 19.1. The van der Waals surface area contributed by atoms with Crippen molar-refractivity contribution in [3.05, 3.63) is 24.3 Å². The lowest BCUT2D eigenvalue weighted by molar-refractivity contribution is 0.270. The molecule has 5 nitrogen and oxygen atoms in total. The number of likely N-dealkylation sites (N-methyl/N-ethyl adjacent to an activating group) is 2. The molecular weight excluding hydrogens is 295 g/mol. The molecule has 0 radical (unpaired) electrons. The summed E-state index contributed by atoms with van der Waals surface area (Å²) in [6.45, 7) is 5.34. The number of hydrogen-bond donors (Lipinski definition) is 0. The van der Waals surface area contributed by atoms with Gasteiger partial charge in [-0.15, -0.1) is 0 Å². The van der Waals surface area contributed by atoms with E-state index in [1.54, 1.807) is 6.07 Å². The fraction of sp³-hybridized carbons (Fsp3) is 0.529. The normalized spacial score (nSPS) is 18.5. The molecule has 0 spiro atoms. The van der Waals surface area contributed by atoms with Crippen LogP contribution in [-0.4, -0.2) is 54.7 Å². The molecule has 1 aromatic carbocycles. The van der Waals surface area contributed by atoms with Gasteiger partial charge in [-0.25, -0.2) is 14.4 Å². The lowest BCUT2D eigenvalue weighted by atomic mass is 10.1. The smallest absolute Gasteiger partial charge is 0.167 e. The number of aromatic nitrogens is 2. The molecule has 1 aromatic heterocycles. The van der Waals surface area contributed by atoms with Crippen LogP contribution in [0.2, 0.25) is 0 Å². The Balaban J connectivity index is 1.92. The number of hydrogen-bond acceptors (Lipinski definition) is 5. The summed E-state index contributed by atoms with van der Waals surface area (Å²) in [5.74, 6) is 0.634. The predicted octanol–water partition coefficient (Wildman–Crippen LogP) is 2.70. The molecule has 0 saturated carbocycles. The quantitative estimate of drug-likeness (QED) is 0.848. The summed E-state index contributed by atoms with van der Waals surface area (Å²) in [6, 6.07) is 3.63. The van der Waals surface area contributed by atoms with Crippen molar-refractivity contribution in [2.45, 2.75) is 25.8 Å². The number of fused-ring (bicyclic) bond motifs is 1. The number of anilines is 1. The highest BCUT2D eigenvalue weighted by Gasteiger charge is 2.25. The minimum Gasteiger partial charge on any atom is -0.494 e. The van der Waals surface area contributed by atoms with Gasteiger partial charge in [0.25, 0.3) is 0 Å². The van der Waals surface area contributed by atoms with Gasteiger partial charge in [0.15, 0.2) is 11.6 Å². The maximum Gasteiger partial charge on any atom is 0.167 e. The van der Waals surface area contributed by atoms with Gasteiger partial charge in [-0.05, 0) is 32.0 Å². The Hall–Kier alpha value is -1.95. The molecular formula is C17H23FN4O. The summed E-state index contributed by atoms with van der Waals surface area (Å²) in [5.41, 5.74) is 0.596. The molecule has 23 heavy (non-hydrogen) atoms. The third kappa shape index (κ3) is 3.08. The third-order valence-corrected chi connectivity index (χ3v) is 4.64. The minimum atomic E-state index is -0.403. The molecule has 0 bridgehead atoms. The van der Waals surface area contributed by atoms with E-state index in [0.29, 0.717) is 11.6 Å². The van der Waals surface area contributed by atoms with Crippen molar-refractivity contribution in [1.29, 1.82) is 0 Å². The average Bonchev–Trinajstić information content (AvgIpc) is 3.00. The zero-order chi connectivity index (χ0) is 16.4. The van der Waals surface area contributed by atoms with Crippen molar-refractivity contribution in [3.63, 3.8) is 0 Å². The van der Waals surface area contributed by atoms with E-state index in [2.05, 4.69) is 26.7 Å². The Morgan fingerprint density at radius 2 is 2.22 bits per heavy atom. The highest BCUT2D eigenvalue weighted by Crippen LogP contribution is 2.29. The van der Waals surface area contributed by atoms with Crippen molar-refractivity contribution in [2.24, 2.45) is 0 Å². The summed E-state index contributed by atoms with van der Waals surface area (Å²) in [4.78, 5) is 13.2. The molecule has 0 aliphatic carbocycles. The summed E-state index contributed by atoms with van der Waals surface area (Å²) in [6.07, 6.45) is 3.95. The first-order chi connectivity index (χ1) is 11.1. The van der Waals surface area contributed by atoms with Gasteiger partial charge in [0.05, 0.1) is 12.6 Å². The van der Waals surface area contributed by atoms with Gasteiger partial charge < -0.3 is 9.64 Å². The van der Waals surface area contributed by atoms with Crippen LogP contribution in [0.4, 0.5) is 10.2 Å². The molecule has 124 valence electrons. The molecule has 0 N–H and O–H groups in total. The first-order valence-corrected chi connectivity index (χ1v) is 8.07. The second kappa shape index (κ2) is 6.66. The van der Waals surface area contributed by atoms with Crippen molar-refractivity contribution < 1.29 is 9.13 Å². The van der Waals surface area contributed by atoms with Crippen LogP contribution in [0.1, 0.15) is 19.8 Å². The van der Waals surface area contributed by atoms with Gasteiger partial charge in [0, 0.05) is 31.1 Å². The van der Waals surface area contributed by atoms with E-state index in [4.69, 9.17) is 4.74 Å². The molecule has 1 saturated heterocycles. The first-order valence-electron chi connectivity index (χ1n) is 8.07. The third-order valence-electron chi connectivity index (χ3n) is 4.64. The van der Waals surface area contributed by atoms with Crippen molar-refractivity contribution in [1.82, 2.24) is 14.9 Å². The first kappa shape index (κ1) is 15.9. The number of methoxy groups -OCH3 is 1. The van der Waals surface area contributed by atoms with E-state index in [0.717, 1.165) is 24.3 Å². The second-order valence-electron chi connectivity index (χ2n) is 6.01. The lowest BCUT2D eigenvalue weighted by Crippen LogP contribution is -2.39. The van der Waals surface area contributed by atoms with Crippen LogP contribution in [0.5, 0.6) is 5.75 Å². The fourth-order valence-corrected chi connectivity index (χ4v) is 3.43. The SMILES string of the molecule is CCN1CCCC1CN(C)c1ncnc2cc(F)c(OC)cc12. The number of halogens is 1. The van der Waals surface area contributed by atoms with E-state index < -0.39 is 5.82 Å². The summed E-state index contributed by atoms with van der Waals surface area (Å²) >= 11 is 0. The van der Waals surface area contributed by atoms with Crippen molar-refractivity contribution in [2.75, 3.05) is 38.7 Å². The second-order valence-corrected chi connectivity index (χ2v) is 6.01. The van der Waals surface area contributed by atoms with Crippen LogP contribution in [0.3, 0.4) is 0 Å². The van der Waals surface area contributed by atoms with Gasteiger partial charge in [0.1, 0.15) is 12.1 Å². The van der Waals surface area contributed by atoms with Gasteiger partial charge in [-0.1, -0.05) is 6.92 Å². The Labute approximate surface area is 136 Å². The molecule has 1 aliphatic heterocycles. The Kier molecular flexibility index (Phi) is 4.61. The molecule has 3 rings (SSSR count). The zero-order valence-electron chi connectivity index (χ0n) is 13.9. The lowest BCUT2D eigenvalue weighted by Gasteiger charge is -2.28. The zero-order valence-corrected chi connectivity index (χ0v) is 13.9. The Bertz CT molecular complexity index is 694. The monoisotopic (exact) mass is 318 g/mol. The molecule has 1 unspecified atom stereocenters. The predicted molar refractivity (Wildman–Crippen MR) is 89.6 cm³/mol. The van der Waals surface area contributed by atoms with E-state index in [9.17, 15) is 4.39 Å². The summed E-state index contributed by atoms with van der Waals surface area (Å²) in [7, 11) is 3.50. The molecule has 1 fully saturated rings. The van der Waals surface area contributed by atoms with Gasteiger partial charge in [0.2, 0.25) is 0 Å². The van der Waals surface area contributed by atoms with E-state index in [1.165, 1.54) is 38.9 Å². The van der Waals surface area contributed by atoms with Gasteiger partial charge in [-0.3, -0.25) is 4.90 Å². The minimum absolute atomic E-state index is 0.220. The number of rotatable bonds is 5. The van der Waals surface area contributed by atoms with Crippen LogP contribution >= 0.6 is 0 Å². The molecule has 1 aliphatic rings. The van der Waals surface area contributed by atoms with Crippen LogP contribution in [0, 0.1) is 5.82 Å². The Morgan fingerprint density at radius 1 is 1.39 bits per heavy atom. The summed E-state index contributed by atoms with van der Waals surface area (Å²) in [5, 5.41) is 0.814. The van der Waals surface area contributed by atoms with E-state index in [-0.39, 0.29) is 5.75 Å². The van der Waals surface area contributed by atoms with Gasteiger partial charge in [-0.2, -0.15) is 0 Å². The standard InChI is InChI=1S/C17H23FN4O/c1-4-22-7-5-6-12(22)10-21(2)17-13-8-16(23-3)14(18)9-15(13)19-11-20-17/h8-9,11-12H,4-7,10H2,1-3H3. The highest BCUT2D eigenvalue weighted by molar-refractivity contribution is 5.90. The van der Waals surface area contributed by atoms with Crippen molar-refractivity contribution in [3.8, 4) is 5.75 Å². The van der Waals surface area contributed by atoms with Crippen LogP contribution in [-0.2, 0) is 0 Å². The van der Waals surface area contributed by atoms with Gasteiger partial charge >= 0.3 is 0 Å². The number of ether oxygens (including phenoxy) is 1. The maximum absolute atomic E-state index is 13.9. The van der Waals surface area contributed by atoms with E-state index >= 15 is 0 Å². The fourth-order valence-electron chi connectivity index (χ4n) is 3.43. The Morgan fingerprint density at radius 3 is 2.96 bits per heavy atom. The number of benzene rings is 1. The average molecular weight is 318 g/mol. The summed E-state index contributed by atoms with van der Waals surface area (Å²) < 4.78 is 19.0. The number of likely N-dealkylation sites (tertiary alicyclic amines) is 1. The molecule has 2 heterocycles. The van der Waals surface area contributed by atoms with Crippen LogP contribution in [0.15, 0.2) is 18.5 Å². The van der Waals surface area contributed by atoms with Crippen LogP contribution in [0.25, 0.3) is 10.9 Å². The molecule has 6 heteroatoms. The topological polar surface area (TPSA) is 41.5 Å². The van der Waals surface area contributed by atoms with Crippen molar-refractivity contribution >= 4 is 16.7 Å². The van der Waals surface area contributed by atoms with Crippen LogP contribution < -0.4 is 9.64 Å².